The lowest BCUT2D eigenvalue weighted by Crippen LogP contribution is -2.39. The van der Waals surface area contributed by atoms with E-state index in [1.807, 2.05) is 0 Å². The number of hydrogen-bond acceptors (Lipinski definition) is 4. The first kappa shape index (κ1) is 16.8. The summed E-state index contributed by atoms with van der Waals surface area (Å²) in [5.41, 5.74) is 0.582. The standard InChI is InChI=1S/C14H17ClN2O4S/c1-17(14(19)10-6-7-22(20,21)9-10)8-13(18)16-12-4-2-11(15)3-5-12/h2-5,10H,6-9H2,1H3,(H,16,18)/t10-/m0/s1. The number of benzene rings is 1. The number of rotatable bonds is 4. The molecule has 1 aromatic carbocycles. The van der Waals surface area contributed by atoms with Gasteiger partial charge in [-0.2, -0.15) is 0 Å². The Hall–Kier alpha value is -1.60. The molecular weight excluding hydrogens is 328 g/mol. The molecule has 0 unspecified atom stereocenters. The smallest absolute Gasteiger partial charge is 0.243 e. The van der Waals surface area contributed by atoms with E-state index in [0.29, 0.717) is 17.1 Å². The van der Waals surface area contributed by atoms with Crippen molar-refractivity contribution in [2.45, 2.75) is 6.42 Å². The predicted octanol–water partition coefficient (Wildman–Crippen LogP) is 1.17. The zero-order chi connectivity index (χ0) is 16.3. The van der Waals surface area contributed by atoms with Gasteiger partial charge in [-0.3, -0.25) is 9.59 Å². The van der Waals surface area contributed by atoms with Crippen molar-refractivity contribution in [3.63, 3.8) is 0 Å². The van der Waals surface area contributed by atoms with Crippen molar-refractivity contribution < 1.29 is 18.0 Å². The molecule has 1 N–H and O–H groups in total. The molecule has 1 aliphatic rings. The highest BCUT2D eigenvalue weighted by molar-refractivity contribution is 7.91. The lowest BCUT2D eigenvalue weighted by molar-refractivity contribution is -0.136. The van der Waals surface area contributed by atoms with Crippen molar-refractivity contribution >= 4 is 38.9 Å². The molecule has 1 aliphatic heterocycles. The van der Waals surface area contributed by atoms with Gasteiger partial charge in [0.15, 0.2) is 9.84 Å². The summed E-state index contributed by atoms with van der Waals surface area (Å²) in [6.45, 7) is -0.127. The molecule has 0 radical (unpaired) electrons. The number of carbonyl (C=O) groups excluding carboxylic acids is 2. The average Bonchev–Trinajstić information content (AvgIpc) is 2.80. The first-order valence-corrected chi connectivity index (χ1v) is 8.97. The van der Waals surface area contributed by atoms with Crippen LogP contribution in [0.4, 0.5) is 5.69 Å². The minimum Gasteiger partial charge on any atom is -0.336 e. The monoisotopic (exact) mass is 344 g/mol. The van der Waals surface area contributed by atoms with Crippen LogP contribution in [0.15, 0.2) is 24.3 Å². The third-order valence-electron chi connectivity index (χ3n) is 3.47. The summed E-state index contributed by atoms with van der Waals surface area (Å²) in [4.78, 5) is 25.3. The molecule has 1 aromatic rings. The Bertz CT molecular complexity index is 673. The van der Waals surface area contributed by atoms with Crippen molar-refractivity contribution in [3.05, 3.63) is 29.3 Å². The van der Waals surface area contributed by atoms with Crippen LogP contribution in [0.3, 0.4) is 0 Å². The molecule has 0 saturated carbocycles. The van der Waals surface area contributed by atoms with Crippen LogP contribution in [-0.4, -0.2) is 50.2 Å². The van der Waals surface area contributed by atoms with Gasteiger partial charge in [0.2, 0.25) is 11.8 Å². The maximum Gasteiger partial charge on any atom is 0.243 e. The van der Waals surface area contributed by atoms with E-state index in [0.717, 1.165) is 0 Å². The first-order valence-electron chi connectivity index (χ1n) is 6.78. The molecule has 0 aliphatic carbocycles. The van der Waals surface area contributed by atoms with Crippen LogP contribution < -0.4 is 5.32 Å². The van der Waals surface area contributed by atoms with Crippen LogP contribution in [0.1, 0.15) is 6.42 Å². The third-order valence-corrected chi connectivity index (χ3v) is 5.49. The number of anilines is 1. The molecule has 6 nitrogen and oxygen atoms in total. The van der Waals surface area contributed by atoms with Crippen LogP contribution in [0.5, 0.6) is 0 Å². The van der Waals surface area contributed by atoms with E-state index in [4.69, 9.17) is 11.6 Å². The largest absolute Gasteiger partial charge is 0.336 e. The summed E-state index contributed by atoms with van der Waals surface area (Å²) in [6, 6.07) is 6.61. The molecule has 8 heteroatoms. The van der Waals surface area contributed by atoms with E-state index in [1.54, 1.807) is 24.3 Å². The number of halogens is 1. The molecule has 1 atom stereocenters. The Morgan fingerprint density at radius 1 is 1.32 bits per heavy atom. The quantitative estimate of drug-likeness (QED) is 0.888. The molecule has 120 valence electrons. The van der Waals surface area contributed by atoms with Gasteiger partial charge < -0.3 is 10.2 Å². The molecule has 2 rings (SSSR count). The molecule has 1 saturated heterocycles. The van der Waals surface area contributed by atoms with Gasteiger partial charge in [-0.1, -0.05) is 11.6 Å². The minimum absolute atomic E-state index is 0.0359. The van der Waals surface area contributed by atoms with Gasteiger partial charge in [-0.15, -0.1) is 0 Å². The number of nitrogens with one attached hydrogen (secondary N) is 1. The Balaban J connectivity index is 1.88. The van der Waals surface area contributed by atoms with E-state index in [9.17, 15) is 18.0 Å². The fourth-order valence-corrected chi connectivity index (χ4v) is 4.19. The summed E-state index contributed by atoms with van der Waals surface area (Å²) in [5.74, 6) is -1.30. The first-order chi connectivity index (χ1) is 10.3. The van der Waals surface area contributed by atoms with Crippen molar-refractivity contribution in [1.82, 2.24) is 4.90 Å². The summed E-state index contributed by atoms with van der Waals surface area (Å²) < 4.78 is 22.8. The number of hydrogen-bond donors (Lipinski definition) is 1. The number of sulfone groups is 1. The highest BCUT2D eigenvalue weighted by Gasteiger charge is 2.34. The second kappa shape index (κ2) is 6.66. The predicted molar refractivity (Wildman–Crippen MR) is 84.5 cm³/mol. The normalized spacial score (nSPS) is 19.6. The van der Waals surface area contributed by atoms with Crippen molar-refractivity contribution in [1.29, 1.82) is 0 Å². The molecule has 0 bridgehead atoms. The van der Waals surface area contributed by atoms with Crippen LogP contribution in [0.25, 0.3) is 0 Å². The fourth-order valence-electron chi connectivity index (χ4n) is 2.33. The van der Waals surface area contributed by atoms with Gasteiger partial charge in [-0.05, 0) is 30.7 Å². The van der Waals surface area contributed by atoms with Gasteiger partial charge in [0.1, 0.15) is 0 Å². The minimum atomic E-state index is -3.12. The van der Waals surface area contributed by atoms with Crippen LogP contribution >= 0.6 is 11.6 Å². The molecule has 2 amide bonds. The highest BCUT2D eigenvalue weighted by Crippen LogP contribution is 2.20. The Labute approximate surface area is 134 Å². The number of likely N-dealkylation sites (N-methyl/N-ethyl adjacent to an activating group) is 1. The molecule has 1 heterocycles. The van der Waals surface area contributed by atoms with Gasteiger partial charge in [0.05, 0.1) is 24.0 Å². The molecule has 0 aromatic heterocycles. The number of nitrogens with zero attached hydrogens (tertiary/aromatic N) is 1. The lowest BCUT2D eigenvalue weighted by atomic mass is 10.1. The SMILES string of the molecule is CN(CC(=O)Nc1ccc(Cl)cc1)C(=O)[C@H]1CCS(=O)(=O)C1. The summed E-state index contributed by atoms with van der Waals surface area (Å²) >= 11 is 5.76. The Morgan fingerprint density at radius 2 is 1.95 bits per heavy atom. The molecule has 1 fully saturated rings. The summed E-state index contributed by atoms with van der Waals surface area (Å²) in [5, 5.41) is 3.21. The van der Waals surface area contributed by atoms with Crippen molar-refractivity contribution in [3.8, 4) is 0 Å². The Morgan fingerprint density at radius 3 is 2.50 bits per heavy atom. The molecular formula is C14H17ClN2O4S. The van der Waals surface area contributed by atoms with Gasteiger partial charge in [-0.25, -0.2) is 8.42 Å². The van der Waals surface area contributed by atoms with Crippen LogP contribution in [0, 0.1) is 5.92 Å². The maximum absolute atomic E-state index is 12.1. The molecule has 0 spiro atoms. The second-order valence-electron chi connectivity index (χ2n) is 5.35. The average molecular weight is 345 g/mol. The zero-order valence-corrected chi connectivity index (χ0v) is 13.7. The fraction of sp³-hybridized carbons (Fsp3) is 0.429. The maximum atomic E-state index is 12.1. The van der Waals surface area contributed by atoms with Gasteiger partial charge in [0.25, 0.3) is 0 Å². The van der Waals surface area contributed by atoms with E-state index in [2.05, 4.69) is 5.32 Å². The summed E-state index contributed by atoms with van der Waals surface area (Å²) in [6.07, 6.45) is 0.324. The Kier molecular flexibility index (Phi) is 5.08. The second-order valence-corrected chi connectivity index (χ2v) is 8.01. The number of carbonyl (C=O) groups is 2. The van der Waals surface area contributed by atoms with E-state index in [-0.39, 0.29) is 29.9 Å². The van der Waals surface area contributed by atoms with Crippen LogP contribution in [0.2, 0.25) is 5.02 Å². The van der Waals surface area contributed by atoms with E-state index >= 15 is 0 Å². The van der Waals surface area contributed by atoms with Crippen LogP contribution in [-0.2, 0) is 19.4 Å². The van der Waals surface area contributed by atoms with Crippen molar-refractivity contribution in [2.75, 3.05) is 30.4 Å². The summed E-state index contributed by atoms with van der Waals surface area (Å²) in [7, 11) is -1.62. The van der Waals surface area contributed by atoms with Crippen molar-refractivity contribution in [2.24, 2.45) is 5.92 Å². The lowest BCUT2D eigenvalue weighted by Gasteiger charge is -2.19. The number of amides is 2. The van der Waals surface area contributed by atoms with E-state index < -0.39 is 15.8 Å². The van der Waals surface area contributed by atoms with Gasteiger partial charge >= 0.3 is 0 Å². The topological polar surface area (TPSA) is 83.6 Å². The van der Waals surface area contributed by atoms with Gasteiger partial charge in [0, 0.05) is 17.8 Å². The highest BCUT2D eigenvalue weighted by atomic mass is 35.5. The van der Waals surface area contributed by atoms with E-state index in [1.165, 1.54) is 11.9 Å². The zero-order valence-electron chi connectivity index (χ0n) is 12.1. The third kappa shape index (κ3) is 4.45. The molecule has 22 heavy (non-hydrogen) atoms.